The molecule has 0 atom stereocenters. The number of unbranched alkanes of at least 4 members (excludes halogenated alkanes) is 5. The first-order valence-corrected chi connectivity index (χ1v) is 8.95. The first-order chi connectivity index (χ1) is 8.91. The Labute approximate surface area is 128 Å². The summed E-state index contributed by atoms with van der Waals surface area (Å²) in [5, 5.41) is 0. The molecule has 0 heterocycles. The van der Waals surface area contributed by atoms with Crippen LogP contribution >= 0.6 is 22.6 Å². The quantitative estimate of drug-likeness (QED) is 0.159. The highest BCUT2D eigenvalue weighted by Gasteiger charge is 1.87. The summed E-state index contributed by atoms with van der Waals surface area (Å²) >= 11 is 2.46. The van der Waals surface area contributed by atoms with E-state index in [2.05, 4.69) is 66.0 Å². The van der Waals surface area contributed by atoms with Crippen LogP contribution in [-0.2, 0) is 0 Å². The van der Waals surface area contributed by atoms with Crippen molar-refractivity contribution < 1.29 is 0 Å². The van der Waals surface area contributed by atoms with Crippen LogP contribution in [0, 0.1) is 0 Å². The average molecular weight is 360 g/mol. The van der Waals surface area contributed by atoms with Crippen molar-refractivity contribution >= 4 is 22.6 Å². The number of hydrogen-bond donors (Lipinski definition) is 0. The standard InChI is InChI=1S/C17H29I/c1-2-3-4-5-6-7-8-9-10-11-12-13-14-15-16-17-18/h3-4,6-7,9-10H,2,5,8,11-17H2,1H3/b4-3+,7-6+,10-9+. The van der Waals surface area contributed by atoms with Crippen LogP contribution in [0.15, 0.2) is 36.5 Å². The van der Waals surface area contributed by atoms with Crippen LogP contribution < -0.4 is 0 Å². The van der Waals surface area contributed by atoms with Crippen LogP contribution in [0.3, 0.4) is 0 Å². The van der Waals surface area contributed by atoms with Crippen LogP contribution in [0.25, 0.3) is 0 Å². The van der Waals surface area contributed by atoms with E-state index in [0.717, 1.165) is 19.3 Å². The minimum atomic E-state index is 1.08. The Balaban J connectivity index is 3.20. The van der Waals surface area contributed by atoms with Gasteiger partial charge in [0.05, 0.1) is 0 Å². The fourth-order valence-corrected chi connectivity index (χ4v) is 2.25. The van der Waals surface area contributed by atoms with Crippen LogP contribution in [0.4, 0.5) is 0 Å². The molecule has 0 aliphatic rings. The average Bonchev–Trinajstić information content (AvgIpc) is 2.39. The summed E-state index contributed by atoms with van der Waals surface area (Å²) in [5.74, 6) is 0. The molecule has 0 spiro atoms. The van der Waals surface area contributed by atoms with Gasteiger partial charge in [0.25, 0.3) is 0 Å². The fourth-order valence-electron chi connectivity index (χ4n) is 1.71. The molecule has 0 aromatic heterocycles. The summed E-state index contributed by atoms with van der Waals surface area (Å²) in [6.45, 7) is 2.17. The van der Waals surface area contributed by atoms with Gasteiger partial charge < -0.3 is 0 Å². The summed E-state index contributed by atoms with van der Waals surface area (Å²) < 4.78 is 1.32. The highest BCUT2D eigenvalue weighted by Crippen LogP contribution is 2.07. The van der Waals surface area contributed by atoms with E-state index in [4.69, 9.17) is 0 Å². The Bertz CT molecular complexity index is 226. The van der Waals surface area contributed by atoms with Gasteiger partial charge in [-0.2, -0.15) is 0 Å². The van der Waals surface area contributed by atoms with E-state index >= 15 is 0 Å². The van der Waals surface area contributed by atoms with Crippen LogP contribution in [0.5, 0.6) is 0 Å². The smallest absolute Gasteiger partial charge is 0.000473 e. The zero-order valence-corrected chi connectivity index (χ0v) is 14.1. The number of halogens is 1. The maximum absolute atomic E-state index is 2.46. The van der Waals surface area contributed by atoms with E-state index in [9.17, 15) is 0 Å². The first-order valence-electron chi connectivity index (χ1n) is 7.42. The number of hydrogen-bond acceptors (Lipinski definition) is 0. The number of rotatable bonds is 12. The summed E-state index contributed by atoms with van der Waals surface area (Å²) in [4.78, 5) is 0. The van der Waals surface area contributed by atoms with Crippen LogP contribution in [0.2, 0.25) is 0 Å². The summed E-state index contributed by atoms with van der Waals surface area (Å²) in [6.07, 6.45) is 25.2. The minimum absolute atomic E-state index is 1.08. The van der Waals surface area contributed by atoms with E-state index in [0.29, 0.717) is 0 Å². The van der Waals surface area contributed by atoms with Crippen molar-refractivity contribution in [2.45, 2.75) is 64.7 Å². The first kappa shape index (κ1) is 17.9. The molecule has 0 saturated carbocycles. The van der Waals surface area contributed by atoms with Gasteiger partial charge in [0.1, 0.15) is 0 Å². The zero-order valence-electron chi connectivity index (χ0n) is 11.9. The molecule has 0 amide bonds. The lowest BCUT2D eigenvalue weighted by Gasteiger charge is -1.96. The lowest BCUT2D eigenvalue weighted by molar-refractivity contribution is 0.642. The van der Waals surface area contributed by atoms with Crippen molar-refractivity contribution in [3.8, 4) is 0 Å². The number of allylic oxidation sites excluding steroid dienone is 6. The second kappa shape index (κ2) is 16.9. The van der Waals surface area contributed by atoms with Crippen molar-refractivity contribution in [1.82, 2.24) is 0 Å². The second-order valence-electron chi connectivity index (χ2n) is 4.54. The summed E-state index contributed by atoms with van der Waals surface area (Å²) in [5.41, 5.74) is 0. The van der Waals surface area contributed by atoms with Gasteiger partial charge in [-0.1, -0.05) is 85.2 Å². The molecule has 0 nitrogen and oxygen atoms in total. The molecule has 0 radical (unpaired) electrons. The molecule has 0 aliphatic carbocycles. The number of alkyl halides is 1. The Morgan fingerprint density at radius 2 is 1.22 bits per heavy atom. The van der Waals surface area contributed by atoms with Gasteiger partial charge in [0.15, 0.2) is 0 Å². The largest absolute Gasteiger partial charge is 0.0885 e. The zero-order chi connectivity index (χ0) is 13.3. The van der Waals surface area contributed by atoms with Gasteiger partial charge in [-0.3, -0.25) is 0 Å². The van der Waals surface area contributed by atoms with Crippen LogP contribution in [0.1, 0.15) is 64.7 Å². The molecule has 0 fully saturated rings. The maximum Gasteiger partial charge on any atom is -0.000473 e. The van der Waals surface area contributed by atoms with Gasteiger partial charge in [-0.05, 0) is 43.0 Å². The van der Waals surface area contributed by atoms with Crippen LogP contribution in [-0.4, -0.2) is 4.43 Å². The Kier molecular flexibility index (Phi) is 16.9. The molecule has 0 aromatic carbocycles. The predicted molar refractivity (Wildman–Crippen MR) is 93.5 cm³/mol. The topological polar surface area (TPSA) is 0 Å². The van der Waals surface area contributed by atoms with Crippen molar-refractivity contribution in [1.29, 1.82) is 0 Å². The van der Waals surface area contributed by atoms with Crippen molar-refractivity contribution in [2.75, 3.05) is 4.43 Å². The SMILES string of the molecule is CC/C=C/C/C=C/C/C=C/CCCCCCCI. The molecule has 0 saturated heterocycles. The second-order valence-corrected chi connectivity index (χ2v) is 5.62. The van der Waals surface area contributed by atoms with Gasteiger partial charge in [0, 0.05) is 0 Å². The van der Waals surface area contributed by atoms with E-state index in [1.807, 2.05) is 0 Å². The molecular formula is C17H29I. The van der Waals surface area contributed by atoms with Crippen molar-refractivity contribution in [2.24, 2.45) is 0 Å². The van der Waals surface area contributed by atoms with Gasteiger partial charge in [-0.15, -0.1) is 0 Å². The third-order valence-electron chi connectivity index (χ3n) is 2.78. The molecule has 0 aliphatic heterocycles. The molecular weight excluding hydrogens is 331 g/mol. The van der Waals surface area contributed by atoms with Crippen molar-refractivity contribution in [3.63, 3.8) is 0 Å². The summed E-state index contributed by atoms with van der Waals surface area (Å²) in [7, 11) is 0. The molecule has 0 bridgehead atoms. The fraction of sp³-hybridized carbons (Fsp3) is 0.647. The Morgan fingerprint density at radius 1 is 0.667 bits per heavy atom. The highest BCUT2D eigenvalue weighted by atomic mass is 127. The molecule has 0 N–H and O–H groups in total. The summed E-state index contributed by atoms with van der Waals surface area (Å²) in [6, 6.07) is 0. The minimum Gasteiger partial charge on any atom is -0.0885 e. The lowest BCUT2D eigenvalue weighted by atomic mass is 10.1. The Hall–Kier alpha value is -0.0500. The molecule has 0 aromatic rings. The maximum atomic E-state index is 2.46. The molecule has 0 unspecified atom stereocenters. The normalized spacial score (nSPS) is 12.3. The van der Waals surface area contributed by atoms with E-state index in [1.165, 1.54) is 43.0 Å². The van der Waals surface area contributed by atoms with E-state index in [-0.39, 0.29) is 0 Å². The van der Waals surface area contributed by atoms with E-state index in [1.54, 1.807) is 0 Å². The molecule has 0 rings (SSSR count). The predicted octanol–water partition coefficient (Wildman–Crippen LogP) is 6.62. The lowest BCUT2D eigenvalue weighted by Crippen LogP contribution is -1.78. The molecule has 18 heavy (non-hydrogen) atoms. The van der Waals surface area contributed by atoms with Gasteiger partial charge in [0.2, 0.25) is 0 Å². The van der Waals surface area contributed by atoms with E-state index < -0.39 is 0 Å². The molecule has 104 valence electrons. The van der Waals surface area contributed by atoms with Gasteiger partial charge in [-0.25, -0.2) is 0 Å². The van der Waals surface area contributed by atoms with Gasteiger partial charge >= 0.3 is 0 Å². The van der Waals surface area contributed by atoms with Crippen molar-refractivity contribution in [3.05, 3.63) is 36.5 Å². The third kappa shape index (κ3) is 16.0. The molecule has 1 heteroatoms. The Morgan fingerprint density at radius 3 is 1.89 bits per heavy atom. The monoisotopic (exact) mass is 360 g/mol. The highest BCUT2D eigenvalue weighted by molar-refractivity contribution is 14.1. The third-order valence-corrected chi connectivity index (χ3v) is 3.55.